The predicted molar refractivity (Wildman–Crippen MR) is 131 cm³/mol. The Labute approximate surface area is 188 Å². The third-order valence-corrected chi connectivity index (χ3v) is 5.37. The van der Waals surface area contributed by atoms with Crippen LogP contribution in [-0.4, -0.2) is 69.8 Å². The zero-order chi connectivity index (χ0) is 19.6. The van der Waals surface area contributed by atoms with Crippen LogP contribution in [0, 0.1) is 0 Å². The normalized spacial score (nSPS) is 18.0. The number of hydrogen-bond acceptors (Lipinski definition) is 4. The monoisotopic (exact) mass is 503 g/mol. The summed E-state index contributed by atoms with van der Waals surface area (Å²) in [7, 11) is 3.91. The molecule has 0 aliphatic carbocycles. The van der Waals surface area contributed by atoms with Crippen molar-refractivity contribution < 1.29 is 4.74 Å². The number of halogens is 1. The van der Waals surface area contributed by atoms with Gasteiger partial charge in [0, 0.05) is 38.3 Å². The molecule has 0 bridgehead atoms. The molecule has 28 heavy (non-hydrogen) atoms. The third-order valence-electron chi connectivity index (χ3n) is 5.37. The van der Waals surface area contributed by atoms with E-state index in [9.17, 15) is 0 Å². The van der Waals surface area contributed by atoms with Gasteiger partial charge in [-0.3, -0.25) is 4.99 Å². The second-order valence-corrected chi connectivity index (χ2v) is 7.25. The molecular weight excluding hydrogens is 465 g/mol. The van der Waals surface area contributed by atoms with Crippen LogP contribution in [0.3, 0.4) is 0 Å². The van der Waals surface area contributed by atoms with Gasteiger partial charge in [0.15, 0.2) is 5.96 Å². The maximum atomic E-state index is 5.51. The first-order valence-electron chi connectivity index (χ1n) is 10.2. The van der Waals surface area contributed by atoms with Gasteiger partial charge < -0.3 is 25.2 Å². The summed E-state index contributed by atoms with van der Waals surface area (Å²) in [5.74, 6) is 1.86. The van der Waals surface area contributed by atoms with E-state index in [2.05, 4.69) is 60.4 Å². The lowest BCUT2D eigenvalue weighted by Crippen LogP contribution is -2.45. The summed E-state index contributed by atoms with van der Waals surface area (Å²) >= 11 is 0. The fraction of sp³-hybridized carbons (Fsp3) is 0.667. The Morgan fingerprint density at radius 3 is 2.79 bits per heavy atom. The molecule has 1 aliphatic heterocycles. The molecule has 7 heteroatoms. The largest absolute Gasteiger partial charge is 0.495 e. The van der Waals surface area contributed by atoms with E-state index in [4.69, 9.17) is 9.73 Å². The van der Waals surface area contributed by atoms with Crippen LogP contribution in [0.5, 0.6) is 5.75 Å². The van der Waals surface area contributed by atoms with Crippen molar-refractivity contribution in [3.8, 4) is 5.75 Å². The number of guanidine groups is 1. The first-order valence-corrected chi connectivity index (χ1v) is 10.2. The molecule has 6 nitrogen and oxygen atoms in total. The molecule has 0 spiro atoms. The first-order chi connectivity index (χ1) is 13.1. The molecule has 1 saturated heterocycles. The highest BCUT2D eigenvalue weighted by atomic mass is 127. The maximum Gasteiger partial charge on any atom is 0.191 e. The zero-order valence-corrected chi connectivity index (χ0v) is 20.4. The average Bonchev–Trinajstić information content (AvgIpc) is 3.15. The number of anilines is 1. The standard InChI is InChI=1S/C21H37N5O.HI/c1-6-17(3)25(4)15-13-23-21(22-7-2)24-18-12-14-26(16-18)19-10-8-9-11-20(19)27-5;/h8-11,17-18H,6-7,12-16H2,1-5H3,(H2,22,23,24);1H. The number of nitrogens with zero attached hydrogens (tertiary/aromatic N) is 3. The lowest BCUT2D eigenvalue weighted by Gasteiger charge is -2.23. The molecule has 2 rings (SSSR count). The van der Waals surface area contributed by atoms with E-state index in [1.165, 1.54) is 12.1 Å². The van der Waals surface area contributed by atoms with Gasteiger partial charge in [-0.1, -0.05) is 19.1 Å². The minimum Gasteiger partial charge on any atom is -0.495 e. The van der Waals surface area contributed by atoms with Crippen LogP contribution >= 0.6 is 24.0 Å². The topological polar surface area (TPSA) is 52.1 Å². The third kappa shape index (κ3) is 7.31. The molecule has 1 heterocycles. The van der Waals surface area contributed by atoms with Crippen LogP contribution in [0.2, 0.25) is 0 Å². The minimum absolute atomic E-state index is 0. The number of aliphatic imine (C=N–C) groups is 1. The van der Waals surface area contributed by atoms with E-state index >= 15 is 0 Å². The smallest absolute Gasteiger partial charge is 0.191 e. The van der Waals surface area contributed by atoms with Gasteiger partial charge in [-0.2, -0.15) is 0 Å². The molecule has 2 atom stereocenters. The van der Waals surface area contributed by atoms with Crippen molar-refractivity contribution in [2.24, 2.45) is 4.99 Å². The van der Waals surface area contributed by atoms with Crippen LogP contribution in [-0.2, 0) is 0 Å². The van der Waals surface area contributed by atoms with E-state index in [-0.39, 0.29) is 24.0 Å². The van der Waals surface area contributed by atoms with E-state index < -0.39 is 0 Å². The highest BCUT2D eigenvalue weighted by Gasteiger charge is 2.25. The molecule has 0 aromatic heterocycles. The maximum absolute atomic E-state index is 5.51. The van der Waals surface area contributed by atoms with Crippen LogP contribution in [0.4, 0.5) is 5.69 Å². The molecule has 1 aromatic rings. The molecule has 2 unspecified atom stereocenters. The van der Waals surface area contributed by atoms with E-state index in [0.29, 0.717) is 12.1 Å². The van der Waals surface area contributed by atoms with Gasteiger partial charge in [0.25, 0.3) is 0 Å². The Balaban J connectivity index is 0.00000392. The number of benzene rings is 1. The van der Waals surface area contributed by atoms with Gasteiger partial charge in [-0.15, -0.1) is 24.0 Å². The summed E-state index contributed by atoms with van der Waals surface area (Å²) in [5.41, 5.74) is 1.17. The lowest BCUT2D eigenvalue weighted by molar-refractivity contribution is 0.259. The molecule has 2 N–H and O–H groups in total. The van der Waals surface area contributed by atoms with Gasteiger partial charge in [-0.25, -0.2) is 0 Å². The average molecular weight is 503 g/mol. The number of ether oxygens (including phenoxy) is 1. The second kappa shape index (κ2) is 13.1. The Kier molecular flexibility index (Phi) is 11.6. The van der Waals surface area contributed by atoms with E-state index in [0.717, 1.165) is 50.9 Å². The Morgan fingerprint density at radius 1 is 1.36 bits per heavy atom. The van der Waals surface area contributed by atoms with Crippen molar-refractivity contribution >= 4 is 35.6 Å². The number of hydrogen-bond donors (Lipinski definition) is 2. The molecule has 0 amide bonds. The molecule has 160 valence electrons. The first kappa shape index (κ1) is 24.8. The Morgan fingerprint density at radius 2 is 2.11 bits per heavy atom. The van der Waals surface area contributed by atoms with Gasteiger partial charge in [0.05, 0.1) is 19.3 Å². The molecule has 1 aliphatic rings. The Bertz CT molecular complexity index is 598. The van der Waals surface area contributed by atoms with Crippen molar-refractivity contribution in [3.05, 3.63) is 24.3 Å². The molecule has 1 aromatic carbocycles. The quantitative estimate of drug-likeness (QED) is 0.308. The SMILES string of the molecule is CCNC(=NCCN(C)C(C)CC)NC1CCN(c2ccccc2OC)C1.I. The van der Waals surface area contributed by atoms with E-state index in [1.54, 1.807) is 7.11 Å². The van der Waals surface area contributed by atoms with Crippen molar-refractivity contribution in [1.29, 1.82) is 0 Å². The Hall–Kier alpha value is -1.22. The summed E-state index contributed by atoms with van der Waals surface area (Å²) in [6.07, 6.45) is 2.26. The number of methoxy groups -OCH3 is 1. The van der Waals surface area contributed by atoms with Crippen LogP contribution in [0.25, 0.3) is 0 Å². The molecule has 0 radical (unpaired) electrons. The van der Waals surface area contributed by atoms with Gasteiger partial charge >= 0.3 is 0 Å². The molecule has 0 saturated carbocycles. The van der Waals surface area contributed by atoms with Gasteiger partial charge in [0.1, 0.15) is 5.75 Å². The minimum atomic E-state index is 0. The molecular formula is C21H38IN5O. The second-order valence-electron chi connectivity index (χ2n) is 7.25. The molecule has 1 fully saturated rings. The predicted octanol–water partition coefficient (Wildman–Crippen LogP) is 3.18. The fourth-order valence-corrected chi connectivity index (χ4v) is 3.35. The van der Waals surface area contributed by atoms with Crippen LogP contribution in [0.1, 0.15) is 33.6 Å². The van der Waals surface area contributed by atoms with E-state index in [1.807, 2.05) is 12.1 Å². The number of nitrogens with one attached hydrogen (secondary N) is 2. The highest BCUT2D eigenvalue weighted by molar-refractivity contribution is 14.0. The summed E-state index contributed by atoms with van der Waals surface area (Å²) in [5, 5.41) is 6.99. The van der Waals surface area contributed by atoms with Crippen molar-refractivity contribution in [2.75, 3.05) is 51.8 Å². The van der Waals surface area contributed by atoms with Crippen LogP contribution in [0.15, 0.2) is 29.3 Å². The summed E-state index contributed by atoms with van der Waals surface area (Å²) < 4.78 is 5.51. The number of para-hydroxylation sites is 2. The van der Waals surface area contributed by atoms with Gasteiger partial charge in [0.2, 0.25) is 0 Å². The van der Waals surface area contributed by atoms with Gasteiger partial charge in [-0.05, 0) is 45.9 Å². The summed E-state index contributed by atoms with van der Waals surface area (Å²) in [4.78, 5) is 9.53. The summed E-state index contributed by atoms with van der Waals surface area (Å²) in [6, 6.07) is 9.22. The lowest BCUT2D eigenvalue weighted by atomic mass is 10.2. The zero-order valence-electron chi connectivity index (χ0n) is 18.1. The van der Waals surface area contributed by atoms with Crippen LogP contribution < -0.4 is 20.3 Å². The fourth-order valence-electron chi connectivity index (χ4n) is 3.35. The van der Waals surface area contributed by atoms with Crippen molar-refractivity contribution in [2.45, 2.75) is 45.7 Å². The number of rotatable bonds is 9. The highest BCUT2D eigenvalue weighted by Crippen LogP contribution is 2.30. The summed E-state index contributed by atoms with van der Waals surface area (Å²) in [6.45, 7) is 11.2. The van der Waals surface area contributed by atoms with Crippen molar-refractivity contribution in [1.82, 2.24) is 15.5 Å². The van der Waals surface area contributed by atoms with Crippen molar-refractivity contribution in [3.63, 3.8) is 0 Å². The number of likely N-dealkylation sites (N-methyl/N-ethyl adjacent to an activating group) is 1.